The van der Waals surface area contributed by atoms with Crippen molar-refractivity contribution in [3.8, 4) is 0 Å². The van der Waals surface area contributed by atoms with Crippen molar-refractivity contribution in [2.24, 2.45) is 11.7 Å². The lowest BCUT2D eigenvalue weighted by Gasteiger charge is -2.18. The molecule has 2 rings (SSSR count). The zero-order valence-corrected chi connectivity index (χ0v) is 15.7. The molecule has 0 aromatic heterocycles. The summed E-state index contributed by atoms with van der Waals surface area (Å²) < 4.78 is 0. The molecule has 0 aliphatic heterocycles. The van der Waals surface area contributed by atoms with Gasteiger partial charge in [0, 0.05) is 11.6 Å². The van der Waals surface area contributed by atoms with Gasteiger partial charge < -0.3 is 16.4 Å². The summed E-state index contributed by atoms with van der Waals surface area (Å²) in [6.45, 7) is 1.93. The van der Waals surface area contributed by atoms with E-state index in [4.69, 9.17) is 5.73 Å². The summed E-state index contributed by atoms with van der Waals surface area (Å²) in [5, 5.41) is 5.84. The maximum Gasteiger partial charge on any atom is 0.237 e. The van der Waals surface area contributed by atoms with Crippen LogP contribution in [0.2, 0.25) is 0 Å². The molecule has 5 nitrogen and oxygen atoms in total. The van der Waals surface area contributed by atoms with Crippen molar-refractivity contribution < 1.29 is 9.59 Å². The second-order valence-corrected chi connectivity index (χ2v) is 6.99. The molecule has 0 bridgehead atoms. The first kappa shape index (κ1) is 20.8. The third-order valence-electron chi connectivity index (χ3n) is 3.95. The summed E-state index contributed by atoms with van der Waals surface area (Å²) in [6.07, 6.45) is 4.65. The number of hydrogen-bond donors (Lipinski definition) is 3. The molecule has 0 spiro atoms. The molecular formula is C17H26ClN3O2S. The van der Waals surface area contributed by atoms with Crippen LogP contribution in [-0.4, -0.2) is 29.9 Å². The van der Waals surface area contributed by atoms with Crippen molar-refractivity contribution in [1.82, 2.24) is 5.32 Å². The van der Waals surface area contributed by atoms with Crippen molar-refractivity contribution in [1.29, 1.82) is 0 Å². The van der Waals surface area contributed by atoms with Gasteiger partial charge in [-0.2, -0.15) is 11.8 Å². The fraction of sp³-hybridized carbons (Fsp3) is 0.529. The monoisotopic (exact) mass is 371 g/mol. The highest BCUT2D eigenvalue weighted by Crippen LogP contribution is 2.30. The number of benzene rings is 1. The molecule has 2 amide bonds. The largest absolute Gasteiger partial charge is 0.348 e. The number of amides is 2. The molecule has 1 aromatic carbocycles. The van der Waals surface area contributed by atoms with Crippen molar-refractivity contribution >= 4 is 41.7 Å². The van der Waals surface area contributed by atoms with Gasteiger partial charge in [0.2, 0.25) is 11.8 Å². The molecule has 0 radical (unpaired) electrons. The maximum absolute atomic E-state index is 12.0. The van der Waals surface area contributed by atoms with E-state index in [2.05, 4.69) is 10.6 Å². The highest BCUT2D eigenvalue weighted by molar-refractivity contribution is 7.98. The molecule has 2 unspecified atom stereocenters. The van der Waals surface area contributed by atoms with Gasteiger partial charge in [-0.3, -0.25) is 9.59 Å². The van der Waals surface area contributed by atoms with Gasteiger partial charge in [-0.25, -0.2) is 0 Å². The SMILES string of the molecule is CSCCC(N)C(=O)NC(C)c1ccc(NC(=O)C2CC2)cc1.Cl. The Labute approximate surface area is 153 Å². The standard InChI is InChI=1S/C17H25N3O2S.ClH/c1-11(19-17(22)15(18)9-10-23-2)12-5-7-14(8-6-12)20-16(21)13-3-4-13;/h5-8,11,13,15H,3-4,9-10,18H2,1-2H3,(H,19,22)(H,20,21);1H. The van der Waals surface area contributed by atoms with E-state index in [-0.39, 0.29) is 36.2 Å². The van der Waals surface area contributed by atoms with Crippen LogP contribution in [0.25, 0.3) is 0 Å². The molecule has 0 saturated heterocycles. The van der Waals surface area contributed by atoms with Crippen LogP contribution >= 0.6 is 24.2 Å². The lowest BCUT2D eigenvalue weighted by Crippen LogP contribution is -2.41. The van der Waals surface area contributed by atoms with Gasteiger partial charge in [0.15, 0.2) is 0 Å². The van der Waals surface area contributed by atoms with Crippen molar-refractivity contribution in [3.05, 3.63) is 29.8 Å². The summed E-state index contributed by atoms with van der Waals surface area (Å²) in [6, 6.07) is 6.98. The lowest BCUT2D eigenvalue weighted by atomic mass is 10.1. The van der Waals surface area contributed by atoms with E-state index >= 15 is 0 Å². The van der Waals surface area contributed by atoms with Gasteiger partial charge in [-0.1, -0.05) is 12.1 Å². The fourth-order valence-corrected chi connectivity index (χ4v) is 2.71. The minimum Gasteiger partial charge on any atom is -0.348 e. The average Bonchev–Trinajstić information content (AvgIpc) is 3.38. The maximum atomic E-state index is 12.0. The number of anilines is 1. The summed E-state index contributed by atoms with van der Waals surface area (Å²) >= 11 is 1.68. The molecule has 4 N–H and O–H groups in total. The smallest absolute Gasteiger partial charge is 0.237 e. The van der Waals surface area contributed by atoms with Gasteiger partial charge in [0.25, 0.3) is 0 Å². The third-order valence-corrected chi connectivity index (χ3v) is 4.60. The van der Waals surface area contributed by atoms with E-state index in [1.807, 2.05) is 37.4 Å². The fourth-order valence-electron chi connectivity index (χ4n) is 2.22. The number of carbonyl (C=O) groups excluding carboxylic acids is 2. The normalized spacial score (nSPS) is 15.8. The number of thioether (sulfide) groups is 1. The Morgan fingerprint density at radius 2 is 1.92 bits per heavy atom. The summed E-state index contributed by atoms with van der Waals surface area (Å²) in [7, 11) is 0. The first-order valence-corrected chi connectivity index (χ1v) is 9.36. The van der Waals surface area contributed by atoms with Crippen LogP contribution in [0.4, 0.5) is 5.69 Å². The van der Waals surface area contributed by atoms with Crippen molar-refractivity contribution in [2.75, 3.05) is 17.3 Å². The van der Waals surface area contributed by atoms with Gasteiger partial charge >= 0.3 is 0 Å². The number of hydrogen-bond acceptors (Lipinski definition) is 4. The van der Waals surface area contributed by atoms with Crippen LogP contribution in [0.5, 0.6) is 0 Å². The molecule has 1 aromatic rings. The molecule has 24 heavy (non-hydrogen) atoms. The Balaban J connectivity index is 0.00000288. The van der Waals surface area contributed by atoms with Gasteiger partial charge in [0.05, 0.1) is 12.1 Å². The molecular weight excluding hydrogens is 346 g/mol. The van der Waals surface area contributed by atoms with E-state index in [0.717, 1.165) is 29.8 Å². The molecule has 2 atom stereocenters. The number of rotatable bonds is 8. The minimum absolute atomic E-state index is 0. The Hall–Kier alpha value is -1.24. The molecule has 1 aliphatic rings. The molecule has 1 saturated carbocycles. The highest BCUT2D eigenvalue weighted by Gasteiger charge is 2.29. The van der Waals surface area contributed by atoms with Crippen LogP contribution < -0.4 is 16.4 Å². The van der Waals surface area contributed by atoms with E-state index in [0.29, 0.717) is 6.42 Å². The average molecular weight is 372 g/mol. The summed E-state index contributed by atoms with van der Waals surface area (Å²) in [5.41, 5.74) is 7.65. The predicted molar refractivity (Wildman–Crippen MR) is 103 cm³/mol. The van der Waals surface area contributed by atoms with Crippen LogP contribution in [0, 0.1) is 5.92 Å². The van der Waals surface area contributed by atoms with E-state index in [1.54, 1.807) is 11.8 Å². The third kappa shape index (κ3) is 6.34. The Morgan fingerprint density at radius 1 is 1.29 bits per heavy atom. The number of halogens is 1. The highest BCUT2D eigenvalue weighted by atomic mass is 35.5. The molecule has 1 fully saturated rings. The van der Waals surface area contributed by atoms with Gasteiger partial charge in [0.1, 0.15) is 0 Å². The van der Waals surface area contributed by atoms with E-state index in [9.17, 15) is 9.59 Å². The van der Waals surface area contributed by atoms with Crippen molar-refractivity contribution in [2.45, 2.75) is 38.3 Å². The minimum atomic E-state index is -0.470. The Bertz CT molecular complexity index is 549. The second kappa shape index (κ2) is 9.91. The van der Waals surface area contributed by atoms with Crippen LogP contribution in [-0.2, 0) is 9.59 Å². The summed E-state index contributed by atoms with van der Waals surface area (Å²) in [5.74, 6) is 1.03. The van der Waals surface area contributed by atoms with Crippen molar-refractivity contribution in [3.63, 3.8) is 0 Å². The Kier molecular flexibility index (Phi) is 8.59. The topological polar surface area (TPSA) is 84.2 Å². The van der Waals surface area contributed by atoms with Gasteiger partial charge in [-0.05, 0) is 55.9 Å². The second-order valence-electron chi connectivity index (χ2n) is 6.00. The number of nitrogens with two attached hydrogens (primary N) is 1. The summed E-state index contributed by atoms with van der Waals surface area (Å²) in [4.78, 5) is 23.7. The van der Waals surface area contributed by atoms with E-state index in [1.165, 1.54) is 0 Å². The van der Waals surface area contributed by atoms with Gasteiger partial charge in [-0.15, -0.1) is 12.4 Å². The zero-order valence-electron chi connectivity index (χ0n) is 14.1. The molecule has 0 heterocycles. The first-order valence-electron chi connectivity index (χ1n) is 7.97. The zero-order chi connectivity index (χ0) is 16.8. The first-order chi connectivity index (χ1) is 11.0. The molecule has 1 aliphatic carbocycles. The predicted octanol–water partition coefficient (Wildman–Crippen LogP) is 2.71. The van der Waals surface area contributed by atoms with Crippen LogP contribution in [0.15, 0.2) is 24.3 Å². The number of carbonyl (C=O) groups is 2. The Morgan fingerprint density at radius 3 is 2.46 bits per heavy atom. The number of nitrogens with one attached hydrogen (secondary N) is 2. The quantitative estimate of drug-likeness (QED) is 0.656. The molecule has 134 valence electrons. The van der Waals surface area contributed by atoms with Crippen LogP contribution in [0.1, 0.15) is 37.8 Å². The molecule has 7 heteroatoms. The van der Waals surface area contributed by atoms with E-state index < -0.39 is 6.04 Å². The lowest BCUT2D eigenvalue weighted by molar-refractivity contribution is -0.123. The van der Waals surface area contributed by atoms with Crippen LogP contribution in [0.3, 0.4) is 0 Å².